The highest BCUT2D eigenvalue weighted by atomic mass is 16.6. The molecule has 1 rings (SSSR count). The third-order valence-corrected chi connectivity index (χ3v) is 3.40. The third-order valence-electron chi connectivity index (χ3n) is 3.40. The molecule has 0 bridgehead atoms. The Morgan fingerprint density at radius 3 is 1.58 bits per heavy atom. The number of likely N-dealkylation sites (tertiary alicyclic amines) is 1. The fourth-order valence-corrected chi connectivity index (χ4v) is 2.18. The van der Waals surface area contributed by atoms with Crippen LogP contribution in [-0.4, -0.2) is 76.4 Å². The second-order valence-corrected chi connectivity index (χ2v) is 5.88. The van der Waals surface area contributed by atoms with Crippen molar-refractivity contribution in [3.8, 4) is 0 Å². The summed E-state index contributed by atoms with van der Waals surface area (Å²) in [6.07, 6.45) is 0.234. The molecule has 19 heavy (non-hydrogen) atoms. The maximum absolute atomic E-state index is 5.88. The number of ether oxygens (including phenoxy) is 4. The monoisotopic (exact) mass is 275 g/mol. The quantitative estimate of drug-likeness (QED) is 0.622. The van der Waals surface area contributed by atoms with Crippen LogP contribution in [0.5, 0.6) is 0 Å². The van der Waals surface area contributed by atoms with Crippen LogP contribution in [0.25, 0.3) is 0 Å². The van der Waals surface area contributed by atoms with E-state index in [-0.39, 0.29) is 17.7 Å². The zero-order chi connectivity index (χ0) is 14.3. The lowest BCUT2D eigenvalue weighted by Gasteiger charge is -2.31. The van der Waals surface area contributed by atoms with E-state index >= 15 is 0 Å². The summed E-state index contributed by atoms with van der Waals surface area (Å²) in [6.45, 7) is 10.9. The number of rotatable bonds is 8. The Kier molecular flexibility index (Phi) is 7.25. The van der Waals surface area contributed by atoms with Gasteiger partial charge in [0, 0.05) is 32.8 Å². The second kappa shape index (κ2) is 8.17. The predicted molar refractivity (Wildman–Crippen MR) is 74.6 cm³/mol. The fourth-order valence-electron chi connectivity index (χ4n) is 2.18. The number of hydrogen-bond acceptors (Lipinski definition) is 5. The first-order valence-corrected chi connectivity index (χ1v) is 6.95. The number of methoxy groups -OCH3 is 2. The average molecular weight is 275 g/mol. The Morgan fingerprint density at radius 1 is 0.842 bits per heavy atom. The minimum absolute atomic E-state index is 0.117. The summed E-state index contributed by atoms with van der Waals surface area (Å²) in [5, 5.41) is 0. The van der Waals surface area contributed by atoms with Gasteiger partial charge in [0.2, 0.25) is 0 Å². The molecule has 0 saturated carbocycles. The summed E-state index contributed by atoms with van der Waals surface area (Å²) in [5.74, 6) is 0. The third kappa shape index (κ3) is 5.75. The molecule has 5 heteroatoms. The largest absolute Gasteiger partial charge is 0.382 e. The summed E-state index contributed by atoms with van der Waals surface area (Å²) in [7, 11) is 3.37. The molecule has 0 radical (unpaired) electrons. The van der Waals surface area contributed by atoms with Gasteiger partial charge in [0.05, 0.1) is 38.6 Å². The van der Waals surface area contributed by atoms with Gasteiger partial charge in [-0.1, -0.05) is 0 Å². The van der Waals surface area contributed by atoms with Crippen LogP contribution in [0.2, 0.25) is 0 Å². The van der Waals surface area contributed by atoms with Crippen molar-refractivity contribution < 1.29 is 18.9 Å². The Morgan fingerprint density at radius 2 is 1.26 bits per heavy atom. The SMILES string of the molecule is COCCOC1CN(C(C)(C)C)CC1OCCOC. The van der Waals surface area contributed by atoms with Crippen LogP contribution < -0.4 is 0 Å². The summed E-state index contributed by atoms with van der Waals surface area (Å²) < 4.78 is 21.8. The maximum atomic E-state index is 5.88. The molecule has 0 aromatic rings. The average Bonchev–Trinajstić information content (AvgIpc) is 2.73. The van der Waals surface area contributed by atoms with E-state index < -0.39 is 0 Å². The minimum atomic E-state index is 0.117. The highest BCUT2D eigenvalue weighted by molar-refractivity contribution is 4.92. The van der Waals surface area contributed by atoms with E-state index in [9.17, 15) is 0 Å². The van der Waals surface area contributed by atoms with Crippen molar-refractivity contribution in [3.05, 3.63) is 0 Å². The van der Waals surface area contributed by atoms with Crippen LogP contribution >= 0.6 is 0 Å². The highest BCUT2D eigenvalue weighted by Gasteiger charge is 2.38. The molecule has 0 aromatic heterocycles. The van der Waals surface area contributed by atoms with E-state index in [1.807, 2.05) is 0 Å². The first-order valence-electron chi connectivity index (χ1n) is 6.95. The Hall–Kier alpha value is -0.200. The van der Waals surface area contributed by atoms with Crippen LogP contribution in [0.1, 0.15) is 20.8 Å². The first-order chi connectivity index (χ1) is 8.99. The molecule has 1 aliphatic heterocycles. The van der Waals surface area contributed by atoms with Crippen molar-refractivity contribution in [1.29, 1.82) is 0 Å². The minimum Gasteiger partial charge on any atom is -0.382 e. The van der Waals surface area contributed by atoms with Crippen LogP contribution in [0.15, 0.2) is 0 Å². The summed E-state index contributed by atoms with van der Waals surface area (Å²) in [4.78, 5) is 2.40. The molecule has 1 heterocycles. The van der Waals surface area contributed by atoms with Gasteiger partial charge >= 0.3 is 0 Å². The molecule has 5 nitrogen and oxygen atoms in total. The highest BCUT2D eigenvalue weighted by Crippen LogP contribution is 2.24. The Balaban J connectivity index is 2.47. The van der Waals surface area contributed by atoms with Crippen molar-refractivity contribution >= 4 is 0 Å². The number of nitrogens with zero attached hydrogens (tertiary/aromatic N) is 1. The molecule has 0 spiro atoms. The van der Waals surface area contributed by atoms with E-state index in [2.05, 4.69) is 25.7 Å². The van der Waals surface area contributed by atoms with E-state index in [4.69, 9.17) is 18.9 Å². The molecule has 0 amide bonds. The Labute approximate surface area is 117 Å². The van der Waals surface area contributed by atoms with Gasteiger partial charge in [-0.05, 0) is 20.8 Å². The van der Waals surface area contributed by atoms with E-state index in [1.165, 1.54) is 0 Å². The lowest BCUT2D eigenvalue weighted by Crippen LogP contribution is -2.40. The molecule has 0 aliphatic carbocycles. The molecule has 0 aromatic carbocycles. The smallest absolute Gasteiger partial charge is 0.0977 e. The predicted octanol–water partition coefficient (Wildman–Crippen LogP) is 1.16. The fraction of sp³-hybridized carbons (Fsp3) is 1.00. The number of hydrogen-bond donors (Lipinski definition) is 0. The van der Waals surface area contributed by atoms with Gasteiger partial charge in [-0.25, -0.2) is 0 Å². The van der Waals surface area contributed by atoms with E-state index in [0.29, 0.717) is 26.4 Å². The van der Waals surface area contributed by atoms with Gasteiger partial charge in [-0.2, -0.15) is 0 Å². The summed E-state index contributed by atoms with van der Waals surface area (Å²) in [5.41, 5.74) is 0.141. The van der Waals surface area contributed by atoms with Gasteiger partial charge in [0.25, 0.3) is 0 Å². The molecular weight excluding hydrogens is 246 g/mol. The summed E-state index contributed by atoms with van der Waals surface area (Å²) in [6, 6.07) is 0. The second-order valence-electron chi connectivity index (χ2n) is 5.88. The lowest BCUT2D eigenvalue weighted by atomic mass is 10.1. The molecule has 0 N–H and O–H groups in total. The molecule has 2 unspecified atom stereocenters. The van der Waals surface area contributed by atoms with Gasteiger partial charge in [-0.3, -0.25) is 4.90 Å². The molecule has 114 valence electrons. The molecule has 2 atom stereocenters. The molecule has 1 saturated heterocycles. The summed E-state index contributed by atoms with van der Waals surface area (Å²) >= 11 is 0. The van der Waals surface area contributed by atoms with Crippen LogP contribution in [0.4, 0.5) is 0 Å². The standard InChI is InChI=1S/C14H29NO4/c1-14(2,3)15-10-12(18-8-6-16-4)13(11-15)19-9-7-17-5/h12-13H,6-11H2,1-5H3. The molecule has 1 aliphatic rings. The zero-order valence-corrected chi connectivity index (χ0v) is 13.0. The van der Waals surface area contributed by atoms with Crippen molar-refractivity contribution in [2.75, 3.05) is 53.7 Å². The van der Waals surface area contributed by atoms with E-state index in [0.717, 1.165) is 13.1 Å². The van der Waals surface area contributed by atoms with Crippen molar-refractivity contribution in [2.45, 2.75) is 38.5 Å². The van der Waals surface area contributed by atoms with E-state index in [1.54, 1.807) is 14.2 Å². The van der Waals surface area contributed by atoms with Crippen LogP contribution in [0.3, 0.4) is 0 Å². The zero-order valence-electron chi connectivity index (χ0n) is 13.0. The maximum Gasteiger partial charge on any atom is 0.0977 e. The van der Waals surface area contributed by atoms with Gasteiger partial charge in [-0.15, -0.1) is 0 Å². The van der Waals surface area contributed by atoms with Crippen molar-refractivity contribution in [3.63, 3.8) is 0 Å². The van der Waals surface area contributed by atoms with Crippen LogP contribution in [-0.2, 0) is 18.9 Å². The van der Waals surface area contributed by atoms with Crippen molar-refractivity contribution in [2.24, 2.45) is 0 Å². The first kappa shape index (κ1) is 16.9. The van der Waals surface area contributed by atoms with Gasteiger partial charge < -0.3 is 18.9 Å². The Bertz CT molecular complexity index is 224. The van der Waals surface area contributed by atoms with Crippen LogP contribution in [0, 0.1) is 0 Å². The lowest BCUT2D eigenvalue weighted by molar-refractivity contribution is -0.0658. The normalized spacial score (nSPS) is 25.1. The van der Waals surface area contributed by atoms with Crippen molar-refractivity contribution in [1.82, 2.24) is 4.90 Å². The molecule has 1 fully saturated rings. The van der Waals surface area contributed by atoms with Gasteiger partial charge in [0.1, 0.15) is 0 Å². The van der Waals surface area contributed by atoms with Gasteiger partial charge in [0.15, 0.2) is 0 Å². The molecular formula is C14H29NO4. The topological polar surface area (TPSA) is 40.2 Å².